The Morgan fingerprint density at radius 3 is 1.03 bits per heavy atom. The fraction of sp³-hybridized carbons (Fsp3) is 0.887. The Morgan fingerprint density at radius 2 is 0.662 bits per heavy atom. The summed E-state index contributed by atoms with van der Waals surface area (Å²) >= 11 is 0. The smallest absolute Gasteiger partial charge is 0.305 e. The van der Waals surface area contributed by atoms with Gasteiger partial charge in [-0.15, -0.1) is 0 Å². The van der Waals surface area contributed by atoms with Crippen molar-refractivity contribution in [3.05, 3.63) is 36.5 Å². The summed E-state index contributed by atoms with van der Waals surface area (Å²) in [6, 6.07) is -0.625. The van der Waals surface area contributed by atoms with Gasteiger partial charge in [-0.3, -0.25) is 9.59 Å². The number of rotatable bonds is 65. The summed E-state index contributed by atoms with van der Waals surface area (Å²) in [6.07, 6.45) is 85.1. The molecule has 0 radical (unpaired) electrons. The van der Waals surface area contributed by atoms with E-state index in [2.05, 4.69) is 43.5 Å². The van der Waals surface area contributed by atoms with Gasteiger partial charge < -0.3 is 20.3 Å². The number of hydrogen-bond donors (Lipinski definition) is 3. The maximum absolute atomic E-state index is 12.5. The highest BCUT2D eigenvalue weighted by atomic mass is 16.5. The second-order valence-electron chi connectivity index (χ2n) is 23.9. The lowest BCUT2D eigenvalue weighted by molar-refractivity contribution is -0.143. The highest BCUT2D eigenvalue weighted by molar-refractivity contribution is 5.76. The zero-order valence-corrected chi connectivity index (χ0v) is 52.0. The number of unbranched alkanes of at least 4 members (excludes halogenated alkanes) is 50. The average Bonchev–Trinajstić information content (AvgIpc) is 3.43. The molecule has 0 heterocycles. The molecule has 0 aromatic carbocycles. The van der Waals surface area contributed by atoms with Crippen molar-refractivity contribution in [2.24, 2.45) is 0 Å². The van der Waals surface area contributed by atoms with E-state index in [0.717, 1.165) is 51.4 Å². The van der Waals surface area contributed by atoms with Gasteiger partial charge in [-0.2, -0.15) is 0 Å². The quantitative estimate of drug-likeness (QED) is 0.0320. The summed E-state index contributed by atoms with van der Waals surface area (Å²) in [6.45, 7) is 4.89. The number of nitrogens with one attached hydrogen (secondary N) is 1. The fourth-order valence-electron chi connectivity index (χ4n) is 10.8. The van der Waals surface area contributed by atoms with Crippen LogP contribution in [0.2, 0.25) is 0 Å². The second kappa shape index (κ2) is 66.6. The van der Waals surface area contributed by atoms with Crippen LogP contribution in [0.4, 0.5) is 0 Å². The first-order valence-electron chi connectivity index (χ1n) is 34.8. The first-order valence-corrected chi connectivity index (χ1v) is 34.8. The molecular weight excluding hydrogens is 947 g/mol. The second-order valence-corrected chi connectivity index (χ2v) is 23.9. The molecule has 77 heavy (non-hydrogen) atoms. The molecule has 0 aliphatic carbocycles. The molecule has 6 heteroatoms. The summed E-state index contributed by atoms with van der Waals surface area (Å²) < 4.78 is 5.48. The molecule has 0 spiro atoms. The minimum Gasteiger partial charge on any atom is -0.466 e. The van der Waals surface area contributed by atoms with Crippen LogP contribution in [0.25, 0.3) is 0 Å². The van der Waals surface area contributed by atoms with Crippen molar-refractivity contribution in [1.82, 2.24) is 5.32 Å². The number of ether oxygens (including phenoxy) is 1. The molecule has 0 aliphatic rings. The Hall–Kier alpha value is -1.92. The number of carbonyl (C=O) groups excluding carboxylic acids is 2. The molecule has 3 N–H and O–H groups in total. The SMILES string of the molecule is CCCC/C=C\C/C=C\CCCCCCCC(=O)OCCCCCCCCCCCCCCCCCCCCCCCCCCCCCCCC(=O)NC(CO)C(O)/C=C/CCCCCCCCCCCCCCCCC. The van der Waals surface area contributed by atoms with Crippen molar-refractivity contribution in [2.45, 2.75) is 392 Å². The van der Waals surface area contributed by atoms with E-state index in [1.165, 1.54) is 302 Å². The Morgan fingerprint density at radius 1 is 0.364 bits per heavy atom. The Labute approximate surface area is 481 Å². The van der Waals surface area contributed by atoms with Crippen LogP contribution in [0.1, 0.15) is 380 Å². The zero-order chi connectivity index (χ0) is 55.7. The van der Waals surface area contributed by atoms with E-state index in [4.69, 9.17) is 4.74 Å². The highest BCUT2D eigenvalue weighted by Crippen LogP contribution is 2.19. The molecule has 0 aromatic heterocycles. The first-order chi connectivity index (χ1) is 38.0. The van der Waals surface area contributed by atoms with Gasteiger partial charge in [-0.05, 0) is 57.8 Å². The zero-order valence-electron chi connectivity index (χ0n) is 52.0. The van der Waals surface area contributed by atoms with Gasteiger partial charge in [0.15, 0.2) is 0 Å². The first kappa shape index (κ1) is 75.1. The topological polar surface area (TPSA) is 95.9 Å². The average molecular weight is 1080 g/mol. The normalized spacial score (nSPS) is 12.7. The Bertz CT molecular complexity index is 1250. The van der Waals surface area contributed by atoms with Gasteiger partial charge in [0.1, 0.15) is 0 Å². The summed E-state index contributed by atoms with van der Waals surface area (Å²) in [5, 5.41) is 23.2. The van der Waals surface area contributed by atoms with Crippen molar-refractivity contribution in [3.63, 3.8) is 0 Å². The van der Waals surface area contributed by atoms with Crippen LogP contribution >= 0.6 is 0 Å². The van der Waals surface area contributed by atoms with E-state index in [0.29, 0.717) is 19.4 Å². The molecule has 0 bridgehead atoms. The monoisotopic (exact) mass is 1080 g/mol. The predicted molar refractivity (Wildman–Crippen MR) is 338 cm³/mol. The fourth-order valence-corrected chi connectivity index (χ4v) is 10.8. The van der Waals surface area contributed by atoms with Gasteiger partial charge in [-0.1, -0.05) is 346 Å². The lowest BCUT2D eigenvalue weighted by Crippen LogP contribution is -2.45. The number of allylic oxidation sites excluding steroid dienone is 5. The standard InChI is InChI=1S/C71H135NO5/c1-3-5-7-9-11-13-15-17-19-33-36-39-43-47-51-55-59-63-69(74)68(67-73)72-70(75)64-60-56-52-48-44-40-37-34-31-29-27-25-23-21-20-22-24-26-28-30-32-35-38-42-46-50-54-58-62-66-77-71(76)65-61-57-53-49-45-41-18-16-14-12-10-8-6-4-2/h10,12,16,18,59,63,68-69,73-74H,3-9,11,13-15,17,19-58,60-62,64-67H2,1-2H3,(H,72,75)/b12-10-,18-16-,63-59+. The molecule has 6 nitrogen and oxygen atoms in total. The number of esters is 1. The molecule has 2 atom stereocenters. The maximum atomic E-state index is 12.5. The van der Waals surface area contributed by atoms with E-state index in [1.807, 2.05) is 6.08 Å². The third-order valence-electron chi connectivity index (χ3n) is 16.2. The number of carbonyl (C=O) groups is 2. The molecule has 1 amide bonds. The molecular formula is C71H135NO5. The largest absolute Gasteiger partial charge is 0.466 e. The van der Waals surface area contributed by atoms with Crippen molar-refractivity contribution in [2.75, 3.05) is 13.2 Å². The predicted octanol–water partition coefficient (Wildman–Crippen LogP) is 22.3. The minimum atomic E-state index is -0.842. The van der Waals surface area contributed by atoms with E-state index in [-0.39, 0.29) is 18.5 Å². The van der Waals surface area contributed by atoms with Crippen molar-refractivity contribution in [1.29, 1.82) is 0 Å². The third kappa shape index (κ3) is 63.1. The van der Waals surface area contributed by atoms with Crippen LogP contribution < -0.4 is 5.32 Å². The summed E-state index contributed by atoms with van der Waals surface area (Å²) in [7, 11) is 0. The van der Waals surface area contributed by atoms with Crippen molar-refractivity contribution < 1.29 is 24.5 Å². The van der Waals surface area contributed by atoms with Crippen LogP contribution in [-0.4, -0.2) is 47.4 Å². The molecule has 0 saturated heterocycles. The van der Waals surface area contributed by atoms with E-state index >= 15 is 0 Å². The van der Waals surface area contributed by atoms with Crippen LogP contribution in [0.3, 0.4) is 0 Å². The third-order valence-corrected chi connectivity index (χ3v) is 16.2. The van der Waals surface area contributed by atoms with Crippen LogP contribution in [-0.2, 0) is 14.3 Å². The molecule has 0 aromatic rings. The molecule has 454 valence electrons. The lowest BCUT2D eigenvalue weighted by Gasteiger charge is -2.20. The Balaban J connectivity index is 3.36. The van der Waals surface area contributed by atoms with Gasteiger partial charge in [0, 0.05) is 12.8 Å². The summed E-state index contributed by atoms with van der Waals surface area (Å²) in [4.78, 5) is 24.5. The van der Waals surface area contributed by atoms with Crippen LogP contribution in [0, 0.1) is 0 Å². The molecule has 2 unspecified atom stereocenters. The Kier molecular flexibility index (Phi) is 64.9. The van der Waals surface area contributed by atoms with Crippen LogP contribution in [0.5, 0.6) is 0 Å². The van der Waals surface area contributed by atoms with E-state index in [1.54, 1.807) is 6.08 Å². The molecule has 0 saturated carbocycles. The number of hydrogen-bond acceptors (Lipinski definition) is 5. The van der Waals surface area contributed by atoms with E-state index < -0.39 is 12.1 Å². The van der Waals surface area contributed by atoms with Gasteiger partial charge >= 0.3 is 5.97 Å². The molecule has 0 rings (SSSR count). The molecule has 0 fully saturated rings. The number of aliphatic hydroxyl groups excluding tert-OH is 2. The number of amides is 1. The molecule has 0 aliphatic heterocycles. The van der Waals surface area contributed by atoms with Gasteiger partial charge in [-0.25, -0.2) is 0 Å². The lowest BCUT2D eigenvalue weighted by atomic mass is 10.0. The highest BCUT2D eigenvalue weighted by Gasteiger charge is 2.18. The van der Waals surface area contributed by atoms with E-state index in [9.17, 15) is 19.8 Å². The van der Waals surface area contributed by atoms with Crippen molar-refractivity contribution >= 4 is 11.9 Å². The number of aliphatic hydroxyl groups is 2. The van der Waals surface area contributed by atoms with Gasteiger partial charge in [0.25, 0.3) is 0 Å². The van der Waals surface area contributed by atoms with Crippen molar-refractivity contribution in [3.8, 4) is 0 Å². The minimum absolute atomic E-state index is 0.00473. The van der Waals surface area contributed by atoms with Gasteiger partial charge in [0.2, 0.25) is 5.91 Å². The van der Waals surface area contributed by atoms with Crippen LogP contribution in [0.15, 0.2) is 36.5 Å². The summed E-state index contributed by atoms with van der Waals surface area (Å²) in [5.41, 5.74) is 0. The van der Waals surface area contributed by atoms with Gasteiger partial charge in [0.05, 0.1) is 25.4 Å². The maximum Gasteiger partial charge on any atom is 0.305 e. The summed E-state index contributed by atoms with van der Waals surface area (Å²) in [5.74, 6) is -0.0571.